The third kappa shape index (κ3) is 2.71. The lowest BCUT2D eigenvalue weighted by molar-refractivity contribution is 0.545. The topological polar surface area (TPSA) is 30.9 Å². The molecular formula is C13H14F2N2. The molecule has 0 radical (unpaired) electrons. The van der Waals surface area contributed by atoms with Gasteiger partial charge in [0, 0.05) is 18.0 Å². The summed E-state index contributed by atoms with van der Waals surface area (Å²) in [6.45, 7) is 0.765. The minimum Gasteiger partial charge on any atom is -0.349 e. The van der Waals surface area contributed by atoms with Crippen LogP contribution in [-0.4, -0.2) is 11.1 Å². The van der Waals surface area contributed by atoms with Gasteiger partial charge in [-0.15, -0.1) is 0 Å². The molecule has 0 amide bonds. The van der Waals surface area contributed by atoms with Gasteiger partial charge in [0.1, 0.15) is 11.6 Å². The third-order valence-corrected chi connectivity index (χ3v) is 2.65. The summed E-state index contributed by atoms with van der Waals surface area (Å²) >= 11 is 0. The van der Waals surface area contributed by atoms with Crippen molar-refractivity contribution in [3.05, 3.63) is 59.4 Å². The van der Waals surface area contributed by atoms with E-state index in [4.69, 9.17) is 5.73 Å². The minimum atomic E-state index is -0.515. The Hall–Kier alpha value is -1.68. The molecule has 90 valence electrons. The summed E-state index contributed by atoms with van der Waals surface area (Å²) in [7, 11) is 0. The molecule has 4 heteroatoms. The zero-order valence-corrected chi connectivity index (χ0v) is 9.37. The quantitative estimate of drug-likeness (QED) is 0.867. The summed E-state index contributed by atoms with van der Waals surface area (Å²) in [6, 6.07) is 5.81. The second kappa shape index (κ2) is 5.10. The number of hydrogen-bond acceptors (Lipinski definition) is 1. The van der Waals surface area contributed by atoms with E-state index >= 15 is 0 Å². The molecule has 0 bridgehead atoms. The zero-order chi connectivity index (χ0) is 12.3. The van der Waals surface area contributed by atoms with E-state index in [1.807, 2.05) is 12.3 Å². The Kier molecular flexibility index (Phi) is 3.54. The van der Waals surface area contributed by atoms with Crippen LogP contribution in [0.5, 0.6) is 0 Å². The number of halogens is 2. The fourth-order valence-corrected chi connectivity index (χ4v) is 1.77. The molecule has 2 aromatic rings. The summed E-state index contributed by atoms with van der Waals surface area (Å²) in [5, 5.41) is 0. The zero-order valence-electron chi connectivity index (χ0n) is 9.37. The Morgan fingerprint density at radius 3 is 2.47 bits per heavy atom. The Bertz CT molecular complexity index is 486. The van der Waals surface area contributed by atoms with Gasteiger partial charge in [0.05, 0.1) is 6.54 Å². The van der Waals surface area contributed by atoms with Crippen LogP contribution in [0.15, 0.2) is 36.7 Å². The van der Waals surface area contributed by atoms with Crippen LogP contribution in [0.4, 0.5) is 8.78 Å². The third-order valence-electron chi connectivity index (χ3n) is 2.65. The molecule has 0 spiro atoms. The number of nitrogens with zero attached hydrogens (tertiary/aromatic N) is 1. The first kappa shape index (κ1) is 11.8. The molecule has 0 atom stereocenters. The molecule has 0 aliphatic carbocycles. The molecular weight excluding hydrogens is 222 g/mol. The van der Waals surface area contributed by atoms with E-state index in [0.29, 0.717) is 6.54 Å². The van der Waals surface area contributed by atoms with Crippen molar-refractivity contribution in [3.63, 3.8) is 0 Å². The van der Waals surface area contributed by atoms with Crippen molar-refractivity contribution in [2.75, 3.05) is 6.54 Å². The molecule has 1 heterocycles. The van der Waals surface area contributed by atoms with Crippen LogP contribution >= 0.6 is 0 Å². The maximum absolute atomic E-state index is 13.4. The smallest absolute Gasteiger partial charge is 0.131 e. The summed E-state index contributed by atoms with van der Waals surface area (Å²) in [5.41, 5.74) is 6.60. The molecule has 2 nitrogen and oxygen atoms in total. The SMILES string of the molecule is NCCc1ccn(Cc2c(F)cccc2F)c1. The molecule has 2 N–H and O–H groups in total. The van der Waals surface area contributed by atoms with Crippen LogP contribution in [-0.2, 0) is 13.0 Å². The van der Waals surface area contributed by atoms with Crippen molar-refractivity contribution < 1.29 is 8.78 Å². The van der Waals surface area contributed by atoms with Gasteiger partial charge in [-0.2, -0.15) is 0 Å². The highest BCUT2D eigenvalue weighted by Gasteiger charge is 2.08. The van der Waals surface area contributed by atoms with E-state index in [9.17, 15) is 8.78 Å². The van der Waals surface area contributed by atoms with Crippen molar-refractivity contribution in [2.24, 2.45) is 5.73 Å². The van der Waals surface area contributed by atoms with Crippen molar-refractivity contribution in [2.45, 2.75) is 13.0 Å². The van der Waals surface area contributed by atoms with Crippen LogP contribution in [0.1, 0.15) is 11.1 Å². The van der Waals surface area contributed by atoms with Crippen molar-refractivity contribution >= 4 is 0 Å². The maximum atomic E-state index is 13.4. The standard InChI is InChI=1S/C13H14F2N2/c14-12-2-1-3-13(15)11(12)9-17-7-5-10(8-17)4-6-16/h1-3,5,7-8H,4,6,9,16H2. The molecule has 2 rings (SSSR count). The van der Waals surface area contributed by atoms with E-state index in [0.717, 1.165) is 12.0 Å². The number of hydrogen-bond donors (Lipinski definition) is 1. The van der Waals surface area contributed by atoms with Gasteiger partial charge in [-0.3, -0.25) is 0 Å². The van der Waals surface area contributed by atoms with E-state index in [1.54, 1.807) is 10.8 Å². The molecule has 1 aromatic heterocycles. The van der Waals surface area contributed by atoms with Gasteiger partial charge in [-0.1, -0.05) is 6.07 Å². The van der Waals surface area contributed by atoms with Crippen LogP contribution in [0.3, 0.4) is 0 Å². The summed E-state index contributed by atoms with van der Waals surface area (Å²) in [5.74, 6) is -1.03. The highest BCUT2D eigenvalue weighted by molar-refractivity contribution is 5.21. The van der Waals surface area contributed by atoms with Gasteiger partial charge in [0.2, 0.25) is 0 Å². The van der Waals surface area contributed by atoms with Gasteiger partial charge < -0.3 is 10.3 Å². The number of rotatable bonds is 4. The minimum absolute atomic E-state index is 0.0856. The maximum Gasteiger partial charge on any atom is 0.131 e. The molecule has 0 aliphatic heterocycles. The van der Waals surface area contributed by atoms with Crippen molar-refractivity contribution in [1.82, 2.24) is 4.57 Å². The molecule has 0 fully saturated rings. The van der Waals surface area contributed by atoms with Crippen LogP contribution in [0.25, 0.3) is 0 Å². The summed E-state index contributed by atoms with van der Waals surface area (Å²) in [6.07, 6.45) is 4.43. The lowest BCUT2D eigenvalue weighted by Gasteiger charge is -2.05. The Morgan fingerprint density at radius 1 is 1.12 bits per heavy atom. The molecule has 17 heavy (non-hydrogen) atoms. The van der Waals surface area contributed by atoms with Gasteiger partial charge in [-0.25, -0.2) is 8.78 Å². The monoisotopic (exact) mass is 236 g/mol. The van der Waals surface area contributed by atoms with Crippen LogP contribution < -0.4 is 5.73 Å². The summed E-state index contributed by atoms with van der Waals surface area (Å²) < 4.78 is 28.6. The molecule has 1 aromatic carbocycles. The van der Waals surface area contributed by atoms with Crippen LogP contribution in [0.2, 0.25) is 0 Å². The highest BCUT2D eigenvalue weighted by Crippen LogP contribution is 2.14. The Morgan fingerprint density at radius 2 is 1.82 bits per heavy atom. The van der Waals surface area contributed by atoms with Gasteiger partial charge in [0.25, 0.3) is 0 Å². The van der Waals surface area contributed by atoms with Crippen LogP contribution in [0, 0.1) is 11.6 Å². The molecule has 0 unspecified atom stereocenters. The normalized spacial score (nSPS) is 10.8. The Labute approximate surface area is 98.7 Å². The number of nitrogens with two attached hydrogens (primary N) is 1. The molecule has 0 aliphatic rings. The van der Waals surface area contributed by atoms with Gasteiger partial charge >= 0.3 is 0 Å². The predicted molar refractivity (Wildman–Crippen MR) is 62.7 cm³/mol. The molecule has 0 saturated carbocycles. The first-order valence-corrected chi connectivity index (χ1v) is 5.48. The van der Waals surface area contributed by atoms with E-state index in [1.165, 1.54) is 18.2 Å². The van der Waals surface area contributed by atoms with Gasteiger partial charge in [-0.05, 0) is 36.7 Å². The van der Waals surface area contributed by atoms with Crippen molar-refractivity contribution in [1.29, 1.82) is 0 Å². The summed E-state index contributed by atoms with van der Waals surface area (Å²) in [4.78, 5) is 0. The number of benzene rings is 1. The Balaban J connectivity index is 2.19. The average Bonchev–Trinajstić information content (AvgIpc) is 2.72. The lowest BCUT2D eigenvalue weighted by atomic mass is 10.2. The number of aromatic nitrogens is 1. The first-order chi connectivity index (χ1) is 8.20. The van der Waals surface area contributed by atoms with E-state index in [2.05, 4.69) is 0 Å². The van der Waals surface area contributed by atoms with Crippen molar-refractivity contribution in [3.8, 4) is 0 Å². The van der Waals surface area contributed by atoms with E-state index in [-0.39, 0.29) is 12.1 Å². The second-order valence-corrected chi connectivity index (χ2v) is 3.93. The largest absolute Gasteiger partial charge is 0.349 e. The predicted octanol–water partition coefficient (Wildman–Crippen LogP) is 2.32. The fraction of sp³-hybridized carbons (Fsp3) is 0.231. The average molecular weight is 236 g/mol. The fourth-order valence-electron chi connectivity index (χ4n) is 1.77. The highest BCUT2D eigenvalue weighted by atomic mass is 19.1. The second-order valence-electron chi connectivity index (χ2n) is 3.93. The molecule has 0 saturated heterocycles. The lowest BCUT2D eigenvalue weighted by Crippen LogP contribution is -2.04. The van der Waals surface area contributed by atoms with Gasteiger partial charge in [0.15, 0.2) is 0 Å². The first-order valence-electron chi connectivity index (χ1n) is 5.48. The van der Waals surface area contributed by atoms with E-state index < -0.39 is 11.6 Å².